The van der Waals surface area contributed by atoms with Crippen LogP contribution in [0.2, 0.25) is 0 Å². The summed E-state index contributed by atoms with van der Waals surface area (Å²) in [6.07, 6.45) is 0. The molecule has 0 amide bonds. The van der Waals surface area contributed by atoms with Crippen molar-refractivity contribution < 1.29 is 9.68 Å². The molecule has 0 fully saturated rings. The van der Waals surface area contributed by atoms with E-state index in [1.807, 2.05) is 59.7 Å². The third kappa shape index (κ3) is 3.75. The molecule has 2 rings (SSSR count). The Morgan fingerprint density at radius 1 is 1.22 bits per heavy atom. The molecule has 0 radical (unpaired) electrons. The molecular formula is C13H24BNO2S. The molecule has 1 heterocycles. The molecule has 5 heteroatoms. The molecule has 3 N–H and O–H groups in total. The van der Waals surface area contributed by atoms with Crippen LogP contribution in [0.1, 0.15) is 47.1 Å². The van der Waals surface area contributed by atoms with Crippen molar-refractivity contribution >= 4 is 24.5 Å². The summed E-state index contributed by atoms with van der Waals surface area (Å²) in [5, 5.41) is 15.1. The fourth-order valence-corrected chi connectivity index (χ4v) is 2.08. The number of hydrogen-bond acceptors (Lipinski definition) is 4. The minimum absolute atomic E-state index is 0.430. The van der Waals surface area contributed by atoms with Crippen LogP contribution in [0.5, 0.6) is 0 Å². The largest absolute Gasteiger partial charge is 0.492 e. The van der Waals surface area contributed by atoms with Gasteiger partial charge in [0.2, 0.25) is 0 Å². The first-order valence-corrected chi connectivity index (χ1v) is 7.29. The molecule has 18 heavy (non-hydrogen) atoms. The van der Waals surface area contributed by atoms with E-state index in [0.29, 0.717) is 0 Å². The fraction of sp³-hybridized carbons (Fsp3) is 0.538. The third-order valence-electron chi connectivity index (χ3n) is 2.48. The third-order valence-corrected chi connectivity index (χ3v) is 3.01. The first-order valence-electron chi connectivity index (χ1n) is 6.41. The van der Waals surface area contributed by atoms with Gasteiger partial charge >= 0.3 is 7.12 Å². The summed E-state index contributed by atoms with van der Waals surface area (Å²) in [4.78, 5) is 0.981. The predicted octanol–water partition coefficient (Wildman–Crippen LogP) is 2.66. The summed E-state index contributed by atoms with van der Waals surface area (Å²) in [5.41, 5.74) is 1.42. The molecular weight excluding hydrogens is 245 g/mol. The number of fused-ring (bicyclic) bond motifs is 1. The van der Waals surface area contributed by atoms with Crippen LogP contribution in [0, 0.1) is 0 Å². The maximum Gasteiger partial charge on any atom is 0.492 e. The number of rotatable bonds is 1. The van der Waals surface area contributed by atoms with Crippen molar-refractivity contribution in [2.45, 2.75) is 52.0 Å². The standard InChI is InChI=1S/C9H12BNO2S.2C2H6/c1-9(2)7-5-6(14-11)3-4-8(7)10(12)13-9;2*1-2/h3-5,12H,11H2,1-2H3;2*1-2H3. The van der Waals surface area contributed by atoms with Gasteiger partial charge in [0, 0.05) is 4.90 Å². The van der Waals surface area contributed by atoms with Crippen LogP contribution in [-0.2, 0) is 10.3 Å². The Labute approximate surface area is 115 Å². The van der Waals surface area contributed by atoms with E-state index in [4.69, 9.17) is 9.79 Å². The van der Waals surface area contributed by atoms with Crippen LogP contribution in [0.3, 0.4) is 0 Å². The van der Waals surface area contributed by atoms with Crippen molar-refractivity contribution in [3.63, 3.8) is 0 Å². The highest BCUT2D eigenvalue weighted by molar-refractivity contribution is 7.97. The zero-order chi connectivity index (χ0) is 14.3. The SMILES string of the molecule is CC.CC.CC1(C)OB(O)c2ccc(SN)cc21. The molecule has 3 nitrogen and oxygen atoms in total. The normalized spacial score (nSPS) is 15.0. The van der Waals surface area contributed by atoms with E-state index < -0.39 is 12.7 Å². The second-order valence-corrected chi connectivity index (χ2v) is 4.55. The van der Waals surface area contributed by atoms with Crippen LogP contribution >= 0.6 is 11.9 Å². The molecule has 1 aliphatic heterocycles. The van der Waals surface area contributed by atoms with E-state index >= 15 is 0 Å². The maximum atomic E-state index is 9.62. The molecule has 0 aromatic heterocycles. The smallest absolute Gasteiger partial charge is 0.423 e. The lowest BCUT2D eigenvalue weighted by Crippen LogP contribution is -2.28. The number of benzene rings is 1. The average Bonchev–Trinajstić information content (AvgIpc) is 2.64. The van der Waals surface area contributed by atoms with Crippen LogP contribution in [0.4, 0.5) is 0 Å². The highest BCUT2D eigenvalue weighted by Gasteiger charge is 2.40. The summed E-state index contributed by atoms with van der Waals surface area (Å²) >= 11 is 1.20. The first-order chi connectivity index (χ1) is 8.54. The zero-order valence-corrected chi connectivity index (χ0v) is 13.0. The zero-order valence-electron chi connectivity index (χ0n) is 12.2. The Morgan fingerprint density at radius 3 is 2.28 bits per heavy atom. The molecule has 0 aliphatic carbocycles. The molecule has 0 saturated carbocycles. The van der Waals surface area contributed by atoms with E-state index in [2.05, 4.69) is 0 Å². The molecule has 1 aliphatic rings. The molecule has 102 valence electrons. The van der Waals surface area contributed by atoms with Gasteiger partial charge in [-0.25, -0.2) is 0 Å². The lowest BCUT2D eigenvalue weighted by atomic mass is 9.78. The van der Waals surface area contributed by atoms with E-state index in [-0.39, 0.29) is 0 Å². The molecule has 0 saturated heterocycles. The Bertz CT molecular complexity index is 372. The minimum Gasteiger partial charge on any atom is -0.423 e. The minimum atomic E-state index is -0.808. The van der Waals surface area contributed by atoms with Crippen LogP contribution < -0.4 is 10.6 Å². The fourth-order valence-electron chi connectivity index (χ4n) is 1.75. The van der Waals surface area contributed by atoms with Crippen molar-refractivity contribution in [1.29, 1.82) is 0 Å². The first kappa shape index (κ1) is 17.5. The van der Waals surface area contributed by atoms with Gasteiger partial charge in [-0.05, 0) is 49.0 Å². The van der Waals surface area contributed by atoms with Gasteiger partial charge in [0.25, 0.3) is 0 Å². The van der Waals surface area contributed by atoms with Gasteiger partial charge in [-0.15, -0.1) is 0 Å². The van der Waals surface area contributed by atoms with Gasteiger partial charge in [-0.2, -0.15) is 0 Å². The van der Waals surface area contributed by atoms with Crippen LogP contribution in [0.15, 0.2) is 23.1 Å². The second-order valence-electron chi connectivity index (χ2n) is 3.85. The monoisotopic (exact) mass is 269 g/mol. The lowest BCUT2D eigenvalue weighted by molar-refractivity contribution is 0.101. The number of hydrogen-bond donors (Lipinski definition) is 2. The molecule has 0 unspecified atom stereocenters. The van der Waals surface area contributed by atoms with Crippen LogP contribution in [-0.4, -0.2) is 12.1 Å². The Kier molecular flexibility index (Phi) is 7.63. The molecule has 0 spiro atoms. The second kappa shape index (κ2) is 7.84. The summed E-state index contributed by atoms with van der Waals surface area (Å²) in [5.74, 6) is 0. The lowest BCUT2D eigenvalue weighted by Gasteiger charge is -2.19. The van der Waals surface area contributed by atoms with Gasteiger partial charge < -0.3 is 9.68 Å². The molecule has 0 atom stereocenters. The van der Waals surface area contributed by atoms with Crippen molar-refractivity contribution in [3.05, 3.63) is 23.8 Å². The van der Waals surface area contributed by atoms with Gasteiger partial charge in [0.1, 0.15) is 0 Å². The Hall–Kier alpha value is -0.485. The predicted molar refractivity (Wildman–Crippen MR) is 80.9 cm³/mol. The highest BCUT2D eigenvalue weighted by Crippen LogP contribution is 2.31. The van der Waals surface area contributed by atoms with Crippen molar-refractivity contribution in [1.82, 2.24) is 0 Å². The van der Waals surface area contributed by atoms with Crippen molar-refractivity contribution in [2.24, 2.45) is 5.14 Å². The van der Waals surface area contributed by atoms with Gasteiger partial charge in [-0.3, -0.25) is 5.14 Å². The molecule has 0 bridgehead atoms. The van der Waals surface area contributed by atoms with E-state index in [1.165, 1.54) is 11.9 Å². The van der Waals surface area contributed by atoms with E-state index in [1.54, 1.807) is 0 Å². The Balaban J connectivity index is 0.000000659. The quantitative estimate of drug-likeness (QED) is 0.608. The summed E-state index contributed by atoms with van der Waals surface area (Å²) in [7, 11) is -0.808. The summed E-state index contributed by atoms with van der Waals surface area (Å²) < 4.78 is 5.42. The molecule has 1 aromatic rings. The Morgan fingerprint density at radius 2 is 1.78 bits per heavy atom. The van der Waals surface area contributed by atoms with Crippen molar-refractivity contribution in [2.75, 3.05) is 0 Å². The average molecular weight is 269 g/mol. The maximum absolute atomic E-state index is 9.62. The number of nitrogens with two attached hydrogens (primary N) is 1. The van der Waals surface area contributed by atoms with Crippen LogP contribution in [0.25, 0.3) is 0 Å². The van der Waals surface area contributed by atoms with Gasteiger partial charge in [0.15, 0.2) is 0 Å². The topological polar surface area (TPSA) is 55.5 Å². The van der Waals surface area contributed by atoms with Gasteiger partial charge in [-0.1, -0.05) is 33.8 Å². The van der Waals surface area contributed by atoms with Gasteiger partial charge in [0.05, 0.1) is 5.60 Å². The van der Waals surface area contributed by atoms with E-state index in [0.717, 1.165) is 15.9 Å². The highest BCUT2D eigenvalue weighted by atomic mass is 32.2. The van der Waals surface area contributed by atoms with Crippen molar-refractivity contribution in [3.8, 4) is 0 Å². The summed E-state index contributed by atoms with van der Waals surface area (Å²) in [6, 6.07) is 5.72. The summed E-state index contributed by atoms with van der Waals surface area (Å²) in [6.45, 7) is 11.9. The van der Waals surface area contributed by atoms with E-state index in [9.17, 15) is 5.02 Å². The molecule has 1 aromatic carbocycles.